The summed E-state index contributed by atoms with van der Waals surface area (Å²) in [6.07, 6.45) is 0. The molecule has 2 aliphatic rings. The molecule has 4 nitrogen and oxygen atoms in total. The van der Waals surface area contributed by atoms with Crippen molar-refractivity contribution in [3.8, 4) is 11.5 Å². The molecule has 0 unspecified atom stereocenters. The Hall–Kier alpha value is -1.26. The van der Waals surface area contributed by atoms with Crippen LogP contribution in [0.25, 0.3) is 0 Å². The van der Waals surface area contributed by atoms with Gasteiger partial charge in [-0.25, -0.2) is 0 Å². The molecule has 2 aliphatic heterocycles. The first kappa shape index (κ1) is 13.2. The lowest BCUT2D eigenvalue weighted by atomic mass is 10.1. The fourth-order valence-electron chi connectivity index (χ4n) is 2.23. The summed E-state index contributed by atoms with van der Waals surface area (Å²) in [5.74, 6) is 1.81. The lowest BCUT2D eigenvalue weighted by Gasteiger charge is -2.27. The van der Waals surface area contributed by atoms with Crippen molar-refractivity contribution >= 4 is 0 Å². The average molecular weight is 250 g/mol. The molecule has 3 rings (SSSR count). The molecule has 0 atom stereocenters. The van der Waals surface area contributed by atoms with Crippen molar-refractivity contribution in [2.24, 2.45) is 0 Å². The Morgan fingerprint density at radius 3 is 2.72 bits per heavy atom. The van der Waals surface area contributed by atoms with E-state index < -0.39 is 0 Å². The zero-order chi connectivity index (χ0) is 12.8. The second-order valence-electron chi connectivity index (χ2n) is 4.18. The van der Waals surface area contributed by atoms with E-state index in [2.05, 4.69) is 16.3 Å². The predicted molar refractivity (Wildman–Crippen MR) is 72.1 cm³/mol. The Labute approximate surface area is 109 Å². The fraction of sp³-hybridized carbons (Fsp3) is 0.571. The number of hydrogen-bond acceptors (Lipinski definition) is 4. The molecule has 1 fully saturated rings. The van der Waals surface area contributed by atoms with Gasteiger partial charge >= 0.3 is 0 Å². The third-order valence-corrected chi connectivity index (χ3v) is 3.08. The highest BCUT2D eigenvalue weighted by Crippen LogP contribution is 2.35. The standard InChI is InChI=1S/C12H16N2O2.C2H6/c1-2-10(8-14-6-4-13-5-7-14)12-11(3-1)15-9-16-12;1-2/h1-3,13H,4-9H2;1-2H3. The number of para-hydroxylation sites is 1. The third kappa shape index (κ3) is 2.94. The highest BCUT2D eigenvalue weighted by Gasteiger charge is 2.19. The molecule has 1 aromatic carbocycles. The quantitative estimate of drug-likeness (QED) is 0.868. The van der Waals surface area contributed by atoms with Crippen LogP contribution in [0.1, 0.15) is 19.4 Å². The second-order valence-corrected chi connectivity index (χ2v) is 4.18. The number of ether oxygens (including phenoxy) is 2. The van der Waals surface area contributed by atoms with Crippen molar-refractivity contribution in [1.82, 2.24) is 10.2 Å². The normalized spacial score (nSPS) is 18.1. The number of piperazine rings is 1. The summed E-state index contributed by atoms with van der Waals surface area (Å²) in [6.45, 7) is 9.66. The van der Waals surface area contributed by atoms with Gasteiger partial charge < -0.3 is 14.8 Å². The van der Waals surface area contributed by atoms with Gasteiger partial charge in [0, 0.05) is 38.3 Å². The van der Waals surface area contributed by atoms with Crippen LogP contribution in [0.15, 0.2) is 18.2 Å². The minimum atomic E-state index is 0.355. The van der Waals surface area contributed by atoms with Gasteiger partial charge in [-0.3, -0.25) is 4.90 Å². The molecule has 0 spiro atoms. The molecule has 1 aromatic rings. The summed E-state index contributed by atoms with van der Waals surface area (Å²) in [4.78, 5) is 2.44. The maximum absolute atomic E-state index is 5.51. The van der Waals surface area contributed by atoms with E-state index in [9.17, 15) is 0 Å². The number of nitrogens with zero attached hydrogens (tertiary/aromatic N) is 1. The van der Waals surface area contributed by atoms with Crippen molar-refractivity contribution in [1.29, 1.82) is 0 Å². The van der Waals surface area contributed by atoms with E-state index in [0.717, 1.165) is 44.2 Å². The van der Waals surface area contributed by atoms with Crippen LogP contribution >= 0.6 is 0 Å². The Balaban J connectivity index is 0.000000574. The predicted octanol–water partition coefficient (Wildman–Crippen LogP) is 1.85. The van der Waals surface area contributed by atoms with Gasteiger partial charge in [0.05, 0.1) is 0 Å². The van der Waals surface area contributed by atoms with Crippen LogP contribution in [0.3, 0.4) is 0 Å². The molecular weight excluding hydrogens is 228 g/mol. The minimum absolute atomic E-state index is 0.355. The van der Waals surface area contributed by atoms with Gasteiger partial charge in [0.15, 0.2) is 11.5 Å². The van der Waals surface area contributed by atoms with E-state index in [1.54, 1.807) is 0 Å². The zero-order valence-electron chi connectivity index (χ0n) is 11.2. The van der Waals surface area contributed by atoms with E-state index in [-0.39, 0.29) is 0 Å². The molecule has 0 aromatic heterocycles. The first-order valence-corrected chi connectivity index (χ1v) is 6.74. The summed E-state index contributed by atoms with van der Waals surface area (Å²) >= 11 is 0. The maximum atomic E-state index is 5.51. The lowest BCUT2D eigenvalue weighted by Crippen LogP contribution is -2.42. The topological polar surface area (TPSA) is 33.7 Å². The van der Waals surface area contributed by atoms with Crippen molar-refractivity contribution in [3.05, 3.63) is 23.8 Å². The van der Waals surface area contributed by atoms with Crippen LogP contribution in [-0.2, 0) is 6.54 Å². The molecule has 4 heteroatoms. The summed E-state index contributed by atoms with van der Waals surface area (Å²) in [6, 6.07) is 6.12. The molecule has 0 radical (unpaired) electrons. The van der Waals surface area contributed by atoms with Gasteiger partial charge in [-0.15, -0.1) is 0 Å². The monoisotopic (exact) mass is 250 g/mol. The molecule has 0 amide bonds. The molecule has 0 aliphatic carbocycles. The smallest absolute Gasteiger partial charge is 0.231 e. The van der Waals surface area contributed by atoms with Crippen LogP contribution in [-0.4, -0.2) is 37.9 Å². The third-order valence-electron chi connectivity index (χ3n) is 3.08. The van der Waals surface area contributed by atoms with Crippen LogP contribution < -0.4 is 14.8 Å². The van der Waals surface area contributed by atoms with E-state index in [1.165, 1.54) is 5.56 Å². The average Bonchev–Trinajstić information content (AvgIpc) is 2.92. The Bertz CT molecular complexity index is 376. The fourth-order valence-corrected chi connectivity index (χ4v) is 2.23. The Kier molecular flexibility index (Phi) is 4.84. The van der Waals surface area contributed by atoms with Gasteiger partial charge in [0.2, 0.25) is 6.79 Å². The minimum Gasteiger partial charge on any atom is -0.454 e. The highest BCUT2D eigenvalue weighted by atomic mass is 16.7. The van der Waals surface area contributed by atoms with E-state index in [4.69, 9.17) is 9.47 Å². The first-order chi connectivity index (χ1) is 8.93. The molecule has 0 saturated carbocycles. The van der Waals surface area contributed by atoms with E-state index in [0.29, 0.717) is 6.79 Å². The number of hydrogen-bond donors (Lipinski definition) is 1. The van der Waals surface area contributed by atoms with Crippen LogP contribution in [0.4, 0.5) is 0 Å². The molecule has 100 valence electrons. The number of fused-ring (bicyclic) bond motifs is 1. The van der Waals surface area contributed by atoms with E-state index in [1.807, 2.05) is 26.0 Å². The summed E-state index contributed by atoms with van der Waals surface area (Å²) in [7, 11) is 0. The lowest BCUT2D eigenvalue weighted by molar-refractivity contribution is 0.171. The summed E-state index contributed by atoms with van der Waals surface area (Å²) in [5.41, 5.74) is 1.23. The van der Waals surface area contributed by atoms with Crippen LogP contribution in [0.2, 0.25) is 0 Å². The first-order valence-electron chi connectivity index (χ1n) is 6.74. The van der Waals surface area contributed by atoms with Gasteiger partial charge in [0.25, 0.3) is 0 Å². The van der Waals surface area contributed by atoms with Crippen molar-refractivity contribution in [2.45, 2.75) is 20.4 Å². The SMILES string of the molecule is CC.c1cc(CN2CCNCC2)c2c(c1)OCO2. The molecule has 1 N–H and O–H groups in total. The molecule has 1 saturated heterocycles. The van der Waals surface area contributed by atoms with Crippen molar-refractivity contribution in [3.63, 3.8) is 0 Å². The second kappa shape index (κ2) is 6.61. The van der Waals surface area contributed by atoms with Gasteiger partial charge in [0.1, 0.15) is 0 Å². The van der Waals surface area contributed by atoms with Crippen LogP contribution in [0.5, 0.6) is 11.5 Å². The Morgan fingerprint density at radius 2 is 1.94 bits per heavy atom. The maximum Gasteiger partial charge on any atom is 0.231 e. The van der Waals surface area contributed by atoms with Gasteiger partial charge in [-0.2, -0.15) is 0 Å². The summed E-state index contributed by atoms with van der Waals surface area (Å²) in [5, 5.41) is 3.36. The zero-order valence-corrected chi connectivity index (χ0v) is 11.2. The molecule has 0 bridgehead atoms. The summed E-state index contributed by atoms with van der Waals surface area (Å²) < 4.78 is 10.9. The molecule has 18 heavy (non-hydrogen) atoms. The number of nitrogens with one attached hydrogen (secondary N) is 1. The number of rotatable bonds is 2. The van der Waals surface area contributed by atoms with Crippen LogP contribution in [0, 0.1) is 0 Å². The van der Waals surface area contributed by atoms with Gasteiger partial charge in [-0.1, -0.05) is 26.0 Å². The van der Waals surface area contributed by atoms with Crippen molar-refractivity contribution in [2.75, 3.05) is 33.0 Å². The highest BCUT2D eigenvalue weighted by molar-refractivity contribution is 5.48. The van der Waals surface area contributed by atoms with Gasteiger partial charge in [-0.05, 0) is 6.07 Å². The molecular formula is C14H22N2O2. The molecule has 2 heterocycles. The van der Waals surface area contributed by atoms with E-state index >= 15 is 0 Å². The number of benzene rings is 1. The van der Waals surface area contributed by atoms with Crippen molar-refractivity contribution < 1.29 is 9.47 Å². The largest absolute Gasteiger partial charge is 0.454 e. The Morgan fingerprint density at radius 1 is 1.17 bits per heavy atom.